The molecule has 2 unspecified atom stereocenters. The maximum Gasteiger partial charge on any atom is 0.0843 e. The number of rotatable bonds is 3. The normalized spacial score (nSPS) is 14.9. The zero-order valence-electron chi connectivity index (χ0n) is 7.43. The lowest BCUT2D eigenvalue weighted by Gasteiger charge is -2.07. The van der Waals surface area contributed by atoms with Crippen molar-refractivity contribution in [2.75, 3.05) is 0 Å². The minimum absolute atomic E-state index is 0.339. The van der Waals surface area contributed by atoms with Gasteiger partial charge in [0.15, 0.2) is 0 Å². The third-order valence-corrected chi connectivity index (χ3v) is 3.18. The first-order valence-corrected chi connectivity index (χ1v) is 5.11. The molecule has 0 fully saturated rings. The maximum absolute atomic E-state index is 11.6. The number of hydrogen-bond acceptors (Lipinski definition) is 2. The summed E-state index contributed by atoms with van der Waals surface area (Å²) in [5, 5.41) is 9.16. The third-order valence-electron chi connectivity index (χ3n) is 1.66. The first-order chi connectivity index (χ1) is 6.13. The Bertz CT molecular complexity index is 317. The van der Waals surface area contributed by atoms with Crippen molar-refractivity contribution in [1.29, 1.82) is 0 Å². The largest absolute Gasteiger partial charge is 0.388 e. The van der Waals surface area contributed by atoms with Crippen molar-refractivity contribution in [1.82, 2.24) is 0 Å². The molecule has 0 saturated heterocycles. The van der Waals surface area contributed by atoms with E-state index in [9.17, 15) is 4.21 Å². The second-order valence-electron chi connectivity index (χ2n) is 2.72. The standard InChI is InChI=1S/C10H12O2S/c1-8(11)9(2)13(12)10-6-4-3-5-7-10/h3-8,11H,2H2,1H3. The smallest absolute Gasteiger partial charge is 0.0843 e. The van der Waals surface area contributed by atoms with E-state index in [4.69, 9.17) is 5.11 Å². The molecule has 70 valence electrons. The van der Waals surface area contributed by atoms with Gasteiger partial charge in [-0.15, -0.1) is 0 Å². The molecule has 1 N–H and O–H groups in total. The molecule has 13 heavy (non-hydrogen) atoms. The molecule has 1 rings (SSSR count). The lowest BCUT2D eigenvalue weighted by Crippen LogP contribution is -2.08. The van der Waals surface area contributed by atoms with E-state index in [1.807, 2.05) is 18.2 Å². The van der Waals surface area contributed by atoms with E-state index < -0.39 is 16.9 Å². The van der Waals surface area contributed by atoms with Crippen molar-refractivity contribution >= 4 is 10.8 Å². The SMILES string of the molecule is C=C(C(C)O)S(=O)c1ccccc1. The summed E-state index contributed by atoms with van der Waals surface area (Å²) in [6.45, 7) is 5.14. The molecule has 0 amide bonds. The van der Waals surface area contributed by atoms with Gasteiger partial charge < -0.3 is 5.11 Å². The van der Waals surface area contributed by atoms with Crippen molar-refractivity contribution in [2.24, 2.45) is 0 Å². The van der Waals surface area contributed by atoms with Crippen LogP contribution in [0.4, 0.5) is 0 Å². The summed E-state index contributed by atoms with van der Waals surface area (Å²) in [5.74, 6) is 0. The quantitative estimate of drug-likeness (QED) is 0.798. The Morgan fingerprint density at radius 3 is 2.46 bits per heavy atom. The van der Waals surface area contributed by atoms with Crippen LogP contribution in [0.25, 0.3) is 0 Å². The molecule has 0 bridgehead atoms. The highest BCUT2D eigenvalue weighted by atomic mass is 32.2. The molecular formula is C10H12O2S. The fourth-order valence-corrected chi connectivity index (χ4v) is 1.87. The van der Waals surface area contributed by atoms with Crippen LogP contribution in [0.15, 0.2) is 46.7 Å². The average Bonchev–Trinajstić information content (AvgIpc) is 2.17. The topological polar surface area (TPSA) is 37.3 Å². The van der Waals surface area contributed by atoms with Crippen LogP contribution in [0.1, 0.15) is 6.92 Å². The first-order valence-electron chi connectivity index (χ1n) is 3.96. The van der Waals surface area contributed by atoms with E-state index in [2.05, 4.69) is 6.58 Å². The molecule has 0 aliphatic rings. The third kappa shape index (κ3) is 2.50. The summed E-state index contributed by atoms with van der Waals surface area (Å²) in [6.07, 6.45) is -0.735. The van der Waals surface area contributed by atoms with Gasteiger partial charge >= 0.3 is 0 Å². The van der Waals surface area contributed by atoms with Crippen LogP contribution in [0.5, 0.6) is 0 Å². The van der Waals surface area contributed by atoms with Crippen LogP contribution >= 0.6 is 0 Å². The summed E-state index contributed by atoms with van der Waals surface area (Å²) >= 11 is 0. The van der Waals surface area contributed by atoms with Gasteiger partial charge in [-0.05, 0) is 19.1 Å². The molecule has 0 aromatic heterocycles. The lowest BCUT2D eigenvalue weighted by atomic mass is 10.4. The minimum atomic E-state index is -1.30. The Kier molecular flexibility index (Phi) is 3.39. The van der Waals surface area contributed by atoms with Crippen molar-refractivity contribution in [2.45, 2.75) is 17.9 Å². The molecule has 0 aliphatic heterocycles. The Labute approximate surface area is 80.4 Å². The van der Waals surface area contributed by atoms with Gasteiger partial charge in [-0.1, -0.05) is 24.8 Å². The average molecular weight is 196 g/mol. The maximum atomic E-state index is 11.6. The molecule has 1 aromatic carbocycles. The Morgan fingerprint density at radius 2 is 2.00 bits per heavy atom. The molecular weight excluding hydrogens is 184 g/mol. The summed E-state index contributed by atoms with van der Waals surface area (Å²) in [5.41, 5.74) is 0. The zero-order chi connectivity index (χ0) is 9.84. The van der Waals surface area contributed by atoms with Crippen molar-refractivity contribution in [3.63, 3.8) is 0 Å². The summed E-state index contributed by atoms with van der Waals surface area (Å²) in [7, 11) is -1.30. The van der Waals surface area contributed by atoms with Gasteiger partial charge in [0.2, 0.25) is 0 Å². The fourth-order valence-electron chi connectivity index (χ4n) is 0.850. The van der Waals surface area contributed by atoms with E-state index >= 15 is 0 Å². The predicted octanol–water partition coefficient (Wildman–Crippen LogP) is 1.69. The van der Waals surface area contributed by atoms with Gasteiger partial charge in [0.25, 0.3) is 0 Å². The molecule has 0 heterocycles. The van der Waals surface area contributed by atoms with Crippen LogP contribution in [-0.2, 0) is 10.8 Å². The van der Waals surface area contributed by atoms with E-state index in [1.165, 1.54) is 0 Å². The van der Waals surface area contributed by atoms with Crippen molar-refractivity contribution < 1.29 is 9.32 Å². The molecule has 0 spiro atoms. The van der Waals surface area contributed by atoms with Gasteiger partial charge in [-0.3, -0.25) is 0 Å². The summed E-state index contributed by atoms with van der Waals surface area (Å²) in [4.78, 5) is 1.01. The second-order valence-corrected chi connectivity index (χ2v) is 4.26. The van der Waals surface area contributed by atoms with Crippen molar-refractivity contribution in [3.8, 4) is 0 Å². The number of aliphatic hydroxyl groups is 1. The van der Waals surface area contributed by atoms with Crippen LogP contribution in [-0.4, -0.2) is 15.4 Å². The molecule has 3 heteroatoms. The van der Waals surface area contributed by atoms with Crippen LogP contribution < -0.4 is 0 Å². The van der Waals surface area contributed by atoms with E-state index in [0.717, 1.165) is 0 Å². The monoisotopic (exact) mass is 196 g/mol. The second kappa shape index (κ2) is 4.35. The van der Waals surface area contributed by atoms with Crippen molar-refractivity contribution in [3.05, 3.63) is 41.8 Å². The number of benzene rings is 1. The molecule has 0 saturated carbocycles. The summed E-state index contributed by atoms with van der Waals surface area (Å²) in [6, 6.07) is 8.98. The van der Waals surface area contributed by atoms with E-state index in [1.54, 1.807) is 19.1 Å². The Balaban J connectivity index is 2.87. The van der Waals surface area contributed by atoms with Gasteiger partial charge in [0.05, 0.1) is 16.9 Å². The van der Waals surface area contributed by atoms with Gasteiger partial charge in [0.1, 0.15) is 0 Å². The van der Waals surface area contributed by atoms with Crippen LogP contribution in [0.2, 0.25) is 0 Å². The minimum Gasteiger partial charge on any atom is -0.388 e. The Hall–Kier alpha value is -0.930. The molecule has 0 radical (unpaired) electrons. The van der Waals surface area contributed by atoms with Gasteiger partial charge in [-0.2, -0.15) is 0 Å². The van der Waals surface area contributed by atoms with Gasteiger partial charge in [0, 0.05) is 9.80 Å². The van der Waals surface area contributed by atoms with E-state index in [0.29, 0.717) is 9.80 Å². The highest BCUT2D eigenvalue weighted by Gasteiger charge is 2.11. The predicted molar refractivity (Wildman–Crippen MR) is 53.7 cm³/mol. The number of aliphatic hydroxyl groups excluding tert-OH is 1. The number of hydrogen-bond donors (Lipinski definition) is 1. The first kappa shape index (κ1) is 10.2. The van der Waals surface area contributed by atoms with Gasteiger partial charge in [-0.25, -0.2) is 4.21 Å². The Morgan fingerprint density at radius 1 is 1.46 bits per heavy atom. The van der Waals surface area contributed by atoms with Crippen LogP contribution in [0.3, 0.4) is 0 Å². The highest BCUT2D eigenvalue weighted by Crippen LogP contribution is 2.14. The summed E-state index contributed by atoms with van der Waals surface area (Å²) < 4.78 is 11.6. The van der Waals surface area contributed by atoms with Crippen LogP contribution in [0, 0.1) is 0 Å². The molecule has 0 aliphatic carbocycles. The molecule has 2 atom stereocenters. The van der Waals surface area contributed by atoms with E-state index in [-0.39, 0.29) is 0 Å². The molecule has 1 aromatic rings. The fraction of sp³-hybridized carbons (Fsp3) is 0.200. The lowest BCUT2D eigenvalue weighted by molar-refractivity contribution is 0.240. The molecule has 2 nitrogen and oxygen atoms in total. The zero-order valence-corrected chi connectivity index (χ0v) is 8.25. The highest BCUT2D eigenvalue weighted by molar-refractivity contribution is 7.89.